The number of nitrogens with zero attached hydrogens (tertiary/aromatic N) is 3. The first-order valence-corrected chi connectivity index (χ1v) is 7.59. The van der Waals surface area contributed by atoms with Crippen molar-refractivity contribution in [3.63, 3.8) is 0 Å². The Balaban J connectivity index is 1.74. The number of aromatic nitrogens is 2. The van der Waals surface area contributed by atoms with Crippen molar-refractivity contribution in [3.05, 3.63) is 47.7 Å². The fraction of sp³-hybridized carbons (Fsp3) is 0.375. The van der Waals surface area contributed by atoms with E-state index >= 15 is 0 Å². The number of carbonyl (C=O) groups is 1. The maximum absolute atomic E-state index is 12.3. The van der Waals surface area contributed by atoms with Crippen LogP contribution in [0.2, 0.25) is 5.02 Å². The molecule has 1 amide bonds. The number of hydrogen-bond acceptors (Lipinski definition) is 3. The lowest BCUT2D eigenvalue weighted by Crippen LogP contribution is -2.34. The highest BCUT2D eigenvalue weighted by Gasteiger charge is 2.18. The first kappa shape index (κ1) is 16.4. The lowest BCUT2D eigenvalue weighted by molar-refractivity contribution is -0.133. The number of halogens is 1. The van der Waals surface area contributed by atoms with E-state index in [0.717, 1.165) is 6.42 Å². The Labute approximate surface area is 135 Å². The van der Waals surface area contributed by atoms with E-state index in [9.17, 15) is 4.79 Å². The molecule has 0 spiro atoms. The standard InChI is InChI=1S/C16H20ClN3O2/c1-13(20-11-5-9-18-20)16(21)19(2)10-6-12-22-15-8-4-3-7-14(15)17/h3-5,7-9,11,13H,6,10,12H2,1-2H3/t13-/m0/s1. The predicted molar refractivity (Wildman–Crippen MR) is 86.1 cm³/mol. The van der Waals surface area contributed by atoms with Gasteiger partial charge in [-0.1, -0.05) is 23.7 Å². The molecule has 0 N–H and O–H groups in total. The van der Waals surface area contributed by atoms with Crippen molar-refractivity contribution in [1.29, 1.82) is 0 Å². The Bertz CT molecular complexity index is 601. The summed E-state index contributed by atoms with van der Waals surface area (Å²) in [5.74, 6) is 0.699. The van der Waals surface area contributed by atoms with Gasteiger partial charge in [-0.2, -0.15) is 5.10 Å². The molecule has 0 saturated heterocycles. The minimum absolute atomic E-state index is 0.0291. The zero-order chi connectivity index (χ0) is 15.9. The van der Waals surface area contributed by atoms with Gasteiger partial charge in [0.25, 0.3) is 0 Å². The molecule has 0 unspecified atom stereocenters. The van der Waals surface area contributed by atoms with Crippen molar-refractivity contribution in [3.8, 4) is 5.75 Å². The second-order valence-corrected chi connectivity index (χ2v) is 5.46. The molecule has 1 aromatic carbocycles. The van der Waals surface area contributed by atoms with Crippen molar-refractivity contribution in [2.24, 2.45) is 0 Å². The van der Waals surface area contributed by atoms with Crippen LogP contribution in [0.25, 0.3) is 0 Å². The van der Waals surface area contributed by atoms with Crippen molar-refractivity contribution in [1.82, 2.24) is 14.7 Å². The van der Waals surface area contributed by atoms with E-state index in [-0.39, 0.29) is 11.9 Å². The van der Waals surface area contributed by atoms with Crippen LogP contribution in [0.15, 0.2) is 42.7 Å². The van der Waals surface area contributed by atoms with E-state index in [1.165, 1.54) is 0 Å². The third kappa shape index (κ3) is 4.24. The molecule has 0 aliphatic carbocycles. The lowest BCUT2D eigenvalue weighted by Gasteiger charge is -2.21. The fourth-order valence-corrected chi connectivity index (χ4v) is 2.29. The van der Waals surface area contributed by atoms with Crippen LogP contribution < -0.4 is 4.74 Å². The van der Waals surface area contributed by atoms with E-state index in [1.54, 1.807) is 41.2 Å². The average Bonchev–Trinajstić information content (AvgIpc) is 3.05. The summed E-state index contributed by atoms with van der Waals surface area (Å²) in [4.78, 5) is 14.0. The van der Waals surface area contributed by atoms with Gasteiger partial charge in [0.15, 0.2) is 0 Å². The Kier molecular flexibility index (Phi) is 5.83. The van der Waals surface area contributed by atoms with Gasteiger partial charge < -0.3 is 9.64 Å². The molecule has 22 heavy (non-hydrogen) atoms. The van der Waals surface area contributed by atoms with Crippen molar-refractivity contribution in [2.75, 3.05) is 20.2 Å². The summed E-state index contributed by atoms with van der Waals surface area (Å²) in [5.41, 5.74) is 0. The molecule has 118 valence electrons. The normalized spacial score (nSPS) is 12.0. The first-order chi connectivity index (χ1) is 10.6. The van der Waals surface area contributed by atoms with Crippen LogP contribution >= 0.6 is 11.6 Å². The van der Waals surface area contributed by atoms with Crippen LogP contribution in [0, 0.1) is 0 Å². The summed E-state index contributed by atoms with van der Waals surface area (Å²) < 4.78 is 7.26. The van der Waals surface area contributed by atoms with E-state index in [1.807, 2.05) is 25.1 Å². The molecule has 2 rings (SSSR count). The summed E-state index contributed by atoms with van der Waals surface area (Å²) >= 11 is 6.02. The smallest absolute Gasteiger partial charge is 0.246 e. The molecule has 0 fully saturated rings. The third-order valence-electron chi connectivity index (χ3n) is 3.39. The van der Waals surface area contributed by atoms with E-state index in [0.29, 0.717) is 23.9 Å². The minimum atomic E-state index is -0.301. The van der Waals surface area contributed by atoms with Crippen LogP contribution in [-0.2, 0) is 4.79 Å². The largest absolute Gasteiger partial charge is 0.492 e. The molecule has 5 nitrogen and oxygen atoms in total. The SMILES string of the molecule is C[C@@H](C(=O)N(C)CCCOc1ccccc1Cl)n1cccn1. The van der Waals surface area contributed by atoms with Gasteiger partial charge in [0, 0.05) is 26.0 Å². The summed E-state index contributed by atoms with van der Waals surface area (Å²) in [7, 11) is 1.79. The van der Waals surface area contributed by atoms with Gasteiger partial charge in [0.1, 0.15) is 11.8 Å². The zero-order valence-electron chi connectivity index (χ0n) is 12.8. The van der Waals surface area contributed by atoms with E-state index in [2.05, 4.69) is 5.10 Å². The van der Waals surface area contributed by atoms with Gasteiger partial charge in [0.05, 0.1) is 11.6 Å². The molecule has 2 aromatic rings. The first-order valence-electron chi connectivity index (χ1n) is 7.21. The van der Waals surface area contributed by atoms with Crippen molar-refractivity contribution in [2.45, 2.75) is 19.4 Å². The molecular formula is C16H20ClN3O2. The van der Waals surface area contributed by atoms with Crippen LogP contribution in [0.3, 0.4) is 0 Å². The number of amides is 1. The quantitative estimate of drug-likeness (QED) is 0.736. The molecule has 6 heteroatoms. The maximum Gasteiger partial charge on any atom is 0.246 e. The number of likely N-dealkylation sites (N-methyl/N-ethyl adjacent to an activating group) is 1. The molecular weight excluding hydrogens is 302 g/mol. The fourth-order valence-electron chi connectivity index (χ4n) is 2.10. The van der Waals surface area contributed by atoms with Gasteiger partial charge in [-0.3, -0.25) is 9.48 Å². The summed E-state index contributed by atoms with van der Waals surface area (Å²) in [6, 6.07) is 8.86. The third-order valence-corrected chi connectivity index (χ3v) is 3.70. The number of benzene rings is 1. The van der Waals surface area contributed by atoms with Crippen LogP contribution in [-0.4, -0.2) is 40.8 Å². The molecule has 1 atom stereocenters. The highest BCUT2D eigenvalue weighted by molar-refractivity contribution is 6.32. The summed E-state index contributed by atoms with van der Waals surface area (Å²) in [6.07, 6.45) is 4.19. The summed E-state index contributed by atoms with van der Waals surface area (Å²) in [5, 5.41) is 4.69. The number of rotatable bonds is 7. The van der Waals surface area contributed by atoms with Crippen LogP contribution in [0.1, 0.15) is 19.4 Å². The lowest BCUT2D eigenvalue weighted by atomic mass is 10.3. The highest BCUT2D eigenvalue weighted by atomic mass is 35.5. The van der Waals surface area contributed by atoms with Gasteiger partial charge >= 0.3 is 0 Å². The predicted octanol–water partition coefficient (Wildman–Crippen LogP) is 3.03. The van der Waals surface area contributed by atoms with Crippen molar-refractivity contribution < 1.29 is 9.53 Å². The molecule has 0 radical (unpaired) electrons. The maximum atomic E-state index is 12.3. The molecule has 0 bridgehead atoms. The molecule has 0 aliphatic heterocycles. The Morgan fingerprint density at radius 2 is 2.18 bits per heavy atom. The Morgan fingerprint density at radius 3 is 2.86 bits per heavy atom. The average molecular weight is 322 g/mol. The monoisotopic (exact) mass is 321 g/mol. The molecule has 1 heterocycles. The van der Waals surface area contributed by atoms with Crippen LogP contribution in [0.5, 0.6) is 5.75 Å². The van der Waals surface area contributed by atoms with E-state index < -0.39 is 0 Å². The van der Waals surface area contributed by atoms with Crippen molar-refractivity contribution >= 4 is 17.5 Å². The van der Waals surface area contributed by atoms with Crippen LogP contribution in [0.4, 0.5) is 0 Å². The van der Waals surface area contributed by atoms with Gasteiger partial charge in [0.2, 0.25) is 5.91 Å². The van der Waals surface area contributed by atoms with Gasteiger partial charge in [-0.05, 0) is 31.5 Å². The second-order valence-electron chi connectivity index (χ2n) is 5.05. The Hall–Kier alpha value is -2.01. The Morgan fingerprint density at radius 1 is 1.41 bits per heavy atom. The number of carbonyl (C=O) groups excluding carboxylic acids is 1. The van der Waals surface area contributed by atoms with Gasteiger partial charge in [-0.15, -0.1) is 0 Å². The summed E-state index contributed by atoms with van der Waals surface area (Å²) in [6.45, 7) is 2.97. The zero-order valence-corrected chi connectivity index (χ0v) is 13.5. The second kappa shape index (κ2) is 7.84. The minimum Gasteiger partial charge on any atom is -0.492 e. The topological polar surface area (TPSA) is 47.4 Å². The van der Waals surface area contributed by atoms with E-state index in [4.69, 9.17) is 16.3 Å². The molecule has 1 aromatic heterocycles. The van der Waals surface area contributed by atoms with Gasteiger partial charge in [-0.25, -0.2) is 0 Å². The number of ether oxygens (including phenoxy) is 1. The number of para-hydroxylation sites is 1. The number of hydrogen-bond donors (Lipinski definition) is 0. The molecule has 0 saturated carbocycles. The molecule has 0 aliphatic rings. The highest BCUT2D eigenvalue weighted by Crippen LogP contribution is 2.23.